The van der Waals surface area contributed by atoms with E-state index in [1.54, 1.807) is 0 Å². The molecule has 0 spiro atoms. The van der Waals surface area contributed by atoms with Gasteiger partial charge in [-0.25, -0.2) is 0 Å². The first-order chi connectivity index (χ1) is 16.3. The third kappa shape index (κ3) is 4.67. The monoisotopic (exact) mass is 476 g/mol. The minimum atomic E-state index is -2.52. The molecule has 34 heavy (non-hydrogen) atoms. The molecule has 0 aromatic heterocycles. The van der Waals surface area contributed by atoms with Crippen LogP contribution in [0.25, 0.3) is 0 Å². The van der Waals surface area contributed by atoms with Gasteiger partial charge in [-0.1, -0.05) is 81.4 Å². The maximum absolute atomic E-state index is 7.05. The zero-order chi connectivity index (χ0) is 23.8. The fraction of sp³-hybridized carbons (Fsp3) is 0.600. The van der Waals surface area contributed by atoms with Crippen LogP contribution in [0.4, 0.5) is 0 Å². The number of nitrogens with one attached hydrogen (secondary N) is 1. The van der Waals surface area contributed by atoms with Gasteiger partial charge in [-0.05, 0) is 77.1 Å². The molecule has 0 unspecified atom stereocenters. The van der Waals surface area contributed by atoms with Gasteiger partial charge in [0.05, 0.1) is 6.61 Å². The molecule has 0 heterocycles. The van der Waals surface area contributed by atoms with Gasteiger partial charge in [0.2, 0.25) is 0 Å². The molecule has 4 bridgehead atoms. The fourth-order valence-electron chi connectivity index (χ4n) is 8.08. The van der Waals surface area contributed by atoms with E-state index in [4.69, 9.17) is 10.2 Å². The molecule has 1 atom stereocenters. The van der Waals surface area contributed by atoms with Gasteiger partial charge < -0.3 is 15.5 Å². The van der Waals surface area contributed by atoms with E-state index in [0.29, 0.717) is 12.0 Å². The highest BCUT2D eigenvalue weighted by molar-refractivity contribution is 6.99. The van der Waals surface area contributed by atoms with Crippen LogP contribution >= 0.6 is 0 Å². The number of nitrogens with two attached hydrogens (primary N) is 1. The highest BCUT2D eigenvalue weighted by Crippen LogP contribution is 2.59. The van der Waals surface area contributed by atoms with E-state index in [9.17, 15) is 0 Å². The molecule has 0 radical (unpaired) electrons. The van der Waals surface area contributed by atoms with Crippen molar-refractivity contribution in [3.63, 3.8) is 0 Å². The quantitative estimate of drug-likeness (QED) is 0.516. The van der Waals surface area contributed by atoms with Crippen LogP contribution in [0, 0.1) is 23.2 Å². The van der Waals surface area contributed by atoms with Crippen LogP contribution in [0.5, 0.6) is 0 Å². The van der Waals surface area contributed by atoms with Gasteiger partial charge in [0.1, 0.15) is 0 Å². The van der Waals surface area contributed by atoms with Gasteiger partial charge in [-0.2, -0.15) is 0 Å². The normalized spacial score (nSPS) is 29.4. The lowest BCUT2D eigenvalue weighted by atomic mass is 9.49. The molecule has 0 saturated heterocycles. The molecule has 3 N–H and O–H groups in total. The molecule has 2 aromatic rings. The van der Waals surface area contributed by atoms with E-state index in [1.807, 2.05) is 0 Å². The highest BCUT2D eigenvalue weighted by atomic mass is 28.4. The third-order valence-corrected chi connectivity index (χ3v) is 14.0. The Kier molecular flexibility index (Phi) is 6.80. The lowest BCUT2D eigenvalue weighted by molar-refractivity contribution is -0.0513. The number of rotatable bonds is 9. The molecule has 4 saturated carbocycles. The largest absolute Gasteiger partial charge is 0.406 e. The predicted molar refractivity (Wildman–Crippen MR) is 145 cm³/mol. The van der Waals surface area contributed by atoms with E-state index in [-0.39, 0.29) is 11.1 Å². The summed E-state index contributed by atoms with van der Waals surface area (Å²) in [5, 5.41) is 6.44. The van der Waals surface area contributed by atoms with Crippen LogP contribution in [0.15, 0.2) is 60.7 Å². The zero-order valence-electron chi connectivity index (χ0n) is 21.4. The predicted octanol–water partition coefficient (Wildman–Crippen LogP) is 4.70. The number of hydrogen-bond donors (Lipinski definition) is 2. The van der Waals surface area contributed by atoms with Crippen molar-refractivity contribution in [1.82, 2.24) is 5.32 Å². The molecular formula is C30H44N2OSi. The molecule has 3 nitrogen and oxygen atoms in total. The Morgan fingerprint density at radius 2 is 1.35 bits per heavy atom. The Morgan fingerprint density at radius 1 is 0.882 bits per heavy atom. The second-order valence-electron chi connectivity index (χ2n) is 12.8. The summed E-state index contributed by atoms with van der Waals surface area (Å²) < 4.78 is 7.05. The summed E-state index contributed by atoms with van der Waals surface area (Å²) in [4.78, 5) is 0. The van der Waals surface area contributed by atoms with Gasteiger partial charge in [0.15, 0.2) is 0 Å². The lowest BCUT2D eigenvalue weighted by Crippen LogP contribution is -2.67. The van der Waals surface area contributed by atoms with Crippen molar-refractivity contribution in [2.75, 3.05) is 19.7 Å². The van der Waals surface area contributed by atoms with E-state index in [2.05, 4.69) is 86.8 Å². The Bertz CT molecular complexity index is 864. The first-order valence-corrected chi connectivity index (χ1v) is 15.4. The summed E-state index contributed by atoms with van der Waals surface area (Å²) in [6.07, 6.45) is 8.85. The molecule has 4 aliphatic carbocycles. The fourth-order valence-corrected chi connectivity index (χ4v) is 12.7. The first kappa shape index (κ1) is 24.2. The van der Waals surface area contributed by atoms with E-state index in [0.717, 1.165) is 30.8 Å². The Morgan fingerprint density at radius 3 is 1.79 bits per heavy atom. The van der Waals surface area contributed by atoms with Gasteiger partial charge in [0.25, 0.3) is 8.32 Å². The van der Waals surface area contributed by atoms with Gasteiger partial charge in [-0.3, -0.25) is 0 Å². The minimum absolute atomic E-state index is 0.00411. The lowest BCUT2D eigenvalue weighted by Gasteiger charge is -2.57. The van der Waals surface area contributed by atoms with Crippen molar-refractivity contribution in [2.45, 2.75) is 70.4 Å². The van der Waals surface area contributed by atoms with Gasteiger partial charge in [-0.15, -0.1) is 0 Å². The standard InChI is InChI=1S/C30H44N2OSi/c1-29(2,3)34(27-10-6-4-7-11-27,28-12-8-5-9-13-28)33-21-26(31)20-32-22-30-17-23-14-24(18-30)16-25(15-23)19-30/h4-13,23-26,32H,14-22,31H2,1-3H3/t23?,24?,25?,26-,30?/m0/s1. The third-order valence-electron chi connectivity index (χ3n) is 9.00. The molecule has 184 valence electrons. The molecule has 0 aliphatic heterocycles. The summed E-state index contributed by atoms with van der Waals surface area (Å²) in [6, 6.07) is 21.8. The maximum atomic E-state index is 7.05. The highest BCUT2D eigenvalue weighted by Gasteiger charge is 2.51. The molecule has 2 aromatic carbocycles. The smallest absolute Gasteiger partial charge is 0.261 e. The summed E-state index contributed by atoms with van der Waals surface area (Å²) in [7, 11) is -2.52. The van der Waals surface area contributed by atoms with Crippen molar-refractivity contribution in [2.24, 2.45) is 28.9 Å². The number of hydrogen-bond acceptors (Lipinski definition) is 3. The molecular weight excluding hydrogens is 432 g/mol. The molecule has 0 amide bonds. The van der Waals surface area contributed by atoms with Crippen molar-refractivity contribution < 1.29 is 4.43 Å². The average molecular weight is 477 g/mol. The topological polar surface area (TPSA) is 47.3 Å². The van der Waals surface area contributed by atoms with Crippen molar-refractivity contribution >= 4 is 18.7 Å². The van der Waals surface area contributed by atoms with E-state index < -0.39 is 8.32 Å². The zero-order valence-corrected chi connectivity index (χ0v) is 22.4. The van der Waals surface area contributed by atoms with Crippen LogP contribution < -0.4 is 21.4 Å². The second kappa shape index (κ2) is 9.53. The summed E-state index contributed by atoms with van der Waals surface area (Å²) >= 11 is 0. The summed E-state index contributed by atoms with van der Waals surface area (Å²) in [6.45, 7) is 9.55. The molecule has 4 heteroatoms. The van der Waals surface area contributed by atoms with Crippen molar-refractivity contribution in [3.8, 4) is 0 Å². The van der Waals surface area contributed by atoms with Crippen LogP contribution in [0.1, 0.15) is 59.3 Å². The van der Waals surface area contributed by atoms with Crippen LogP contribution in [-0.2, 0) is 4.43 Å². The van der Waals surface area contributed by atoms with E-state index >= 15 is 0 Å². The second-order valence-corrected chi connectivity index (χ2v) is 17.1. The maximum Gasteiger partial charge on any atom is 0.261 e. The Labute approximate surface area is 208 Å². The van der Waals surface area contributed by atoms with Gasteiger partial charge >= 0.3 is 0 Å². The molecule has 4 aliphatic rings. The SMILES string of the molecule is CC(C)(C)[Si](OC[C@@H](N)CNCC12CC3CC(CC(C3)C1)C2)(c1ccccc1)c1ccccc1. The summed E-state index contributed by atoms with van der Waals surface area (Å²) in [5.41, 5.74) is 7.24. The van der Waals surface area contributed by atoms with Crippen LogP contribution in [0.3, 0.4) is 0 Å². The van der Waals surface area contributed by atoms with Crippen molar-refractivity contribution in [1.29, 1.82) is 0 Å². The van der Waals surface area contributed by atoms with Crippen LogP contribution in [0.2, 0.25) is 5.04 Å². The van der Waals surface area contributed by atoms with Gasteiger partial charge in [0, 0.05) is 19.1 Å². The minimum Gasteiger partial charge on any atom is -0.406 e. The number of benzene rings is 2. The Balaban J connectivity index is 1.26. The van der Waals surface area contributed by atoms with E-state index in [1.165, 1.54) is 48.9 Å². The Hall–Kier alpha value is -1.46. The molecule has 4 fully saturated rings. The van der Waals surface area contributed by atoms with Crippen LogP contribution in [-0.4, -0.2) is 34.1 Å². The average Bonchev–Trinajstić information content (AvgIpc) is 2.79. The summed E-state index contributed by atoms with van der Waals surface area (Å²) in [5.74, 6) is 3.00. The molecule has 6 rings (SSSR count). The first-order valence-electron chi connectivity index (χ1n) is 13.5. The van der Waals surface area contributed by atoms with Crippen molar-refractivity contribution in [3.05, 3.63) is 60.7 Å².